The number of fused-ring (bicyclic) bond motifs is 2. The minimum atomic E-state index is -0.506. The molecule has 1 saturated carbocycles. The number of rotatable bonds is 1. The van der Waals surface area contributed by atoms with E-state index in [9.17, 15) is 4.79 Å². The van der Waals surface area contributed by atoms with Crippen LogP contribution < -0.4 is 15.2 Å². The molecule has 1 amide bonds. The van der Waals surface area contributed by atoms with Gasteiger partial charge in [0.2, 0.25) is 0 Å². The molecule has 1 aromatic rings. The number of H-pyrrole nitrogens is 1. The molecule has 2 heterocycles. The van der Waals surface area contributed by atoms with Crippen molar-refractivity contribution in [2.24, 2.45) is 5.73 Å². The summed E-state index contributed by atoms with van der Waals surface area (Å²) < 4.78 is 9.01. The molecule has 1 fully saturated rings. The minimum absolute atomic E-state index is 0.322. The molecular weight excluding hydrogens is 238 g/mol. The van der Waals surface area contributed by atoms with E-state index < -0.39 is 5.91 Å². The normalized spacial score (nSPS) is 22.8. The second-order valence-corrected chi connectivity index (χ2v) is 5.08. The number of hydrogen-bond donors (Lipinski definition) is 3. The minimum Gasteiger partial charge on any atom is -0.461 e. The van der Waals surface area contributed by atoms with Gasteiger partial charge >= 0.3 is 0 Å². The fourth-order valence-corrected chi connectivity index (χ4v) is 3.08. The zero-order valence-electron chi connectivity index (χ0n) is 9.16. The molecular formula is C11H13N3O2S. The Kier molecular flexibility index (Phi) is 2.60. The first kappa shape index (κ1) is 10.7. The van der Waals surface area contributed by atoms with Crippen LogP contribution in [0.2, 0.25) is 0 Å². The van der Waals surface area contributed by atoms with E-state index >= 15 is 0 Å². The predicted octanol–water partition coefficient (Wildman–Crippen LogP) is 1.54. The summed E-state index contributed by atoms with van der Waals surface area (Å²) in [5.74, 6) is 0.0154. The number of aromatic amines is 1. The quantitative estimate of drug-likeness (QED) is 0.661. The number of nitrogens with two attached hydrogens (primary N) is 1. The van der Waals surface area contributed by atoms with Crippen LogP contribution in [0.4, 0.5) is 0 Å². The second kappa shape index (κ2) is 4.12. The Hall–Kier alpha value is -1.40. The largest absolute Gasteiger partial charge is 0.461 e. The van der Waals surface area contributed by atoms with Gasteiger partial charge in [-0.1, -0.05) is 0 Å². The molecule has 5 nitrogen and oxygen atoms in total. The maximum absolute atomic E-state index is 11.2. The number of amides is 1. The van der Waals surface area contributed by atoms with E-state index in [0.29, 0.717) is 17.5 Å². The first-order chi connectivity index (χ1) is 8.25. The molecule has 0 bridgehead atoms. The van der Waals surface area contributed by atoms with Crippen molar-refractivity contribution in [2.75, 3.05) is 0 Å². The van der Waals surface area contributed by atoms with Gasteiger partial charge in [-0.25, -0.2) is 0 Å². The molecule has 4 N–H and O–H groups in total. The van der Waals surface area contributed by atoms with Gasteiger partial charge in [-0.05, 0) is 36.8 Å². The van der Waals surface area contributed by atoms with Crippen LogP contribution >= 0.6 is 11.9 Å². The zero-order chi connectivity index (χ0) is 11.8. The lowest BCUT2D eigenvalue weighted by Crippen LogP contribution is -2.22. The van der Waals surface area contributed by atoms with Gasteiger partial charge in [-0.2, -0.15) is 0 Å². The van der Waals surface area contributed by atoms with Gasteiger partial charge < -0.3 is 15.5 Å². The first-order valence-electron chi connectivity index (χ1n) is 5.55. The maximum atomic E-state index is 11.2. The van der Waals surface area contributed by atoms with Crippen LogP contribution in [-0.4, -0.2) is 16.9 Å². The van der Waals surface area contributed by atoms with Gasteiger partial charge in [-0.15, -0.1) is 0 Å². The highest BCUT2D eigenvalue weighted by Gasteiger charge is 2.26. The Morgan fingerprint density at radius 3 is 3.29 bits per heavy atom. The van der Waals surface area contributed by atoms with Gasteiger partial charge in [0.05, 0.1) is 11.2 Å². The molecule has 1 aliphatic carbocycles. The Labute approximate surface area is 103 Å². The molecule has 2 aliphatic rings. The van der Waals surface area contributed by atoms with Crippen LogP contribution in [0.25, 0.3) is 0 Å². The topological polar surface area (TPSA) is 80.1 Å². The summed E-state index contributed by atoms with van der Waals surface area (Å²) in [4.78, 5) is 14.9. The average molecular weight is 251 g/mol. The molecule has 3 rings (SSSR count). The molecule has 90 valence electrons. The SMILES string of the molecule is NC(=O)c1[nH]cc2c1OC=C1CCCC1NS2. The molecule has 1 unspecified atom stereocenters. The van der Waals surface area contributed by atoms with Gasteiger partial charge in [0.15, 0.2) is 5.75 Å². The van der Waals surface area contributed by atoms with Crippen LogP contribution in [0.5, 0.6) is 5.75 Å². The lowest BCUT2D eigenvalue weighted by atomic mass is 10.2. The number of primary amides is 1. The van der Waals surface area contributed by atoms with E-state index in [0.717, 1.165) is 17.7 Å². The van der Waals surface area contributed by atoms with Crippen molar-refractivity contribution in [2.45, 2.75) is 30.2 Å². The molecule has 0 aromatic carbocycles. The highest BCUT2D eigenvalue weighted by atomic mass is 32.2. The van der Waals surface area contributed by atoms with E-state index in [1.165, 1.54) is 23.9 Å². The number of aromatic nitrogens is 1. The van der Waals surface area contributed by atoms with Crippen LogP contribution in [0.3, 0.4) is 0 Å². The van der Waals surface area contributed by atoms with Crippen molar-refractivity contribution in [3.8, 4) is 5.75 Å². The van der Waals surface area contributed by atoms with Crippen molar-refractivity contribution in [3.05, 3.63) is 23.7 Å². The highest BCUT2D eigenvalue weighted by molar-refractivity contribution is 7.97. The third-order valence-electron chi connectivity index (χ3n) is 3.09. The summed E-state index contributed by atoms with van der Waals surface area (Å²) in [5, 5.41) is 0. The van der Waals surface area contributed by atoms with Crippen LogP contribution in [0.15, 0.2) is 22.9 Å². The molecule has 0 spiro atoms. The second-order valence-electron chi connectivity index (χ2n) is 4.20. The monoisotopic (exact) mass is 251 g/mol. The van der Waals surface area contributed by atoms with Crippen molar-refractivity contribution >= 4 is 17.9 Å². The molecule has 17 heavy (non-hydrogen) atoms. The smallest absolute Gasteiger partial charge is 0.269 e. The first-order valence-corrected chi connectivity index (χ1v) is 6.36. The highest BCUT2D eigenvalue weighted by Crippen LogP contribution is 2.36. The molecule has 1 aromatic heterocycles. The fraction of sp³-hybridized carbons (Fsp3) is 0.364. The number of hydrogen-bond acceptors (Lipinski definition) is 4. The Balaban J connectivity index is 1.97. The molecule has 1 atom stereocenters. The average Bonchev–Trinajstić information content (AvgIpc) is 2.85. The number of carbonyl (C=O) groups is 1. The van der Waals surface area contributed by atoms with Crippen molar-refractivity contribution in [1.82, 2.24) is 9.71 Å². The standard InChI is InChI=1S/C11H13N3O2S/c12-11(15)9-10-8(4-13-9)17-14-7-3-1-2-6(7)5-16-10/h4-5,7,13-14H,1-3H2,(H2,12,15). The Morgan fingerprint density at radius 2 is 2.47 bits per heavy atom. The zero-order valence-corrected chi connectivity index (χ0v) is 9.97. The summed E-state index contributed by atoms with van der Waals surface area (Å²) >= 11 is 1.48. The number of carbonyl (C=O) groups excluding carboxylic acids is 1. The van der Waals surface area contributed by atoms with Gasteiger partial charge in [-0.3, -0.25) is 9.52 Å². The molecule has 0 saturated heterocycles. The van der Waals surface area contributed by atoms with Gasteiger partial charge in [0.1, 0.15) is 5.69 Å². The van der Waals surface area contributed by atoms with E-state index in [1.54, 1.807) is 12.5 Å². The Bertz CT molecular complexity index is 495. The summed E-state index contributed by atoms with van der Waals surface area (Å²) in [6.45, 7) is 0. The maximum Gasteiger partial charge on any atom is 0.269 e. The van der Waals surface area contributed by atoms with Crippen LogP contribution in [-0.2, 0) is 0 Å². The van der Waals surface area contributed by atoms with Gasteiger partial charge in [0.25, 0.3) is 5.91 Å². The lowest BCUT2D eigenvalue weighted by molar-refractivity contribution is 0.0993. The number of ether oxygens (including phenoxy) is 1. The summed E-state index contributed by atoms with van der Waals surface area (Å²) in [6, 6.07) is 0.375. The van der Waals surface area contributed by atoms with Crippen molar-refractivity contribution < 1.29 is 9.53 Å². The predicted molar refractivity (Wildman–Crippen MR) is 64.7 cm³/mol. The third kappa shape index (κ3) is 1.83. The van der Waals surface area contributed by atoms with Crippen molar-refractivity contribution in [1.29, 1.82) is 0 Å². The molecule has 1 aliphatic heterocycles. The lowest BCUT2D eigenvalue weighted by Gasteiger charge is -2.17. The summed E-state index contributed by atoms with van der Waals surface area (Å²) in [7, 11) is 0. The van der Waals surface area contributed by atoms with E-state index in [4.69, 9.17) is 10.5 Å². The van der Waals surface area contributed by atoms with Crippen LogP contribution in [0, 0.1) is 0 Å². The van der Waals surface area contributed by atoms with Gasteiger partial charge in [0, 0.05) is 12.2 Å². The molecule has 0 radical (unpaired) electrons. The number of nitrogens with one attached hydrogen (secondary N) is 2. The van der Waals surface area contributed by atoms with Crippen LogP contribution in [0.1, 0.15) is 29.8 Å². The summed E-state index contributed by atoms with van der Waals surface area (Å²) in [5.41, 5.74) is 6.85. The van der Waals surface area contributed by atoms with Crippen molar-refractivity contribution in [3.63, 3.8) is 0 Å². The van der Waals surface area contributed by atoms with E-state index in [1.807, 2.05) is 0 Å². The van der Waals surface area contributed by atoms with E-state index in [-0.39, 0.29) is 0 Å². The summed E-state index contributed by atoms with van der Waals surface area (Å²) in [6.07, 6.45) is 6.84. The van der Waals surface area contributed by atoms with E-state index in [2.05, 4.69) is 9.71 Å². The Morgan fingerprint density at radius 1 is 1.59 bits per heavy atom. The third-order valence-corrected chi connectivity index (χ3v) is 4.02. The molecule has 6 heteroatoms. The fourth-order valence-electron chi connectivity index (χ4n) is 2.18.